The molecule has 1 N–H and O–H groups in total. The van der Waals surface area contributed by atoms with E-state index in [2.05, 4.69) is 15.3 Å². The number of aryl methyl sites for hydroxylation is 1. The Morgan fingerprint density at radius 2 is 2.00 bits per heavy atom. The summed E-state index contributed by atoms with van der Waals surface area (Å²) in [4.78, 5) is 9.09. The van der Waals surface area contributed by atoms with Gasteiger partial charge >= 0.3 is 0 Å². The SMILES string of the molecule is COc1cccc(Nc2cc(C3CCOCC3)nc(C)n2)c1. The number of hydrogen-bond donors (Lipinski definition) is 1. The lowest BCUT2D eigenvalue weighted by Gasteiger charge is -2.22. The van der Waals surface area contributed by atoms with E-state index in [4.69, 9.17) is 9.47 Å². The van der Waals surface area contributed by atoms with E-state index < -0.39 is 0 Å². The first kappa shape index (κ1) is 14.8. The van der Waals surface area contributed by atoms with E-state index >= 15 is 0 Å². The quantitative estimate of drug-likeness (QED) is 0.937. The smallest absolute Gasteiger partial charge is 0.134 e. The van der Waals surface area contributed by atoms with Gasteiger partial charge in [0, 0.05) is 42.6 Å². The molecule has 22 heavy (non-hydrogen) atoms. The second-order valence-electron chi connectivity index (χ2n) is 5.47. The van der Waals surface area contributed by atoms with E-state index in [0.717, 1.165) is 54.8 Å². The predicted octanol–water partition coefficient (Wildman–Crippen LogP) is 3.43. The summed E-state index contributed by atoms with van der Waals surface area (Å²) in [6.07, 6.45) is 2.05. The molecule has 1 aromatic heterocycles. The standard InChI is InChI=1S/C17H21N3O2/c1-12-18-16(13-6-8-22-9-7-13)11-17(19-12)20-14-4-3-5-15(10-14)21-2/h3-5,10-11,13H,6-9H2,1-2H3,(H,18,19,20). The Bertz CT molecular complexity index is 640. The lowest BCUT2D eigenvalue weighted by Crippen LogP contribution is -2.16. The maximum atomic E-state index is 5.43. The highest BCUT2D eigenvalue weighted by atomic mass is 16.5. The van der Waals surface area contributed by atoms with E-state index in [1.807, 2.05) is 37.3 Å². The van der Waals surface area contributed by atoms with Crippen LogP contribution in [0, 0.1) is 6.92 Å². The second kappa shape index (κ2) is 6.75. The molecular formula is C17H21N3O2. The summed E-state index contributed by atoms with van der Waals surface area (Å²) in [5.41, 5.74) is 2.05. The fourth-order valence-corrected chi connectivity index (χ4v) is 2.71. The van der Waals surface area contributed by atoms with Gasteiger partial charge in [0.05, 0.1) is 7.11 Å². The predicted molar refractivity (Wildman–Crippen MR) is 85.8 cm³/mol. The Hall–Kier alpha value is -2.14. The number of aromatic nitrogens is 2. The van der Waals surface area contributed by atoms with Crippen LogP contribution >= 0.6 is 0 Å². The Morgan fingerprint density at radius 1 is 1.18 bits per heavy atom. The van der Waals surface area contributed by atoms with Crippen LogP contribution in [0.5, 0.6) is 5.75 Å². The molecule has 0 unspecified atom stereocenters. The van der Waals surface area contributed by atoms with E-state index in [1.54, 1.807) is 7.11 Å². The summed E-state index contributed by atoms with van der Waals surface area (Å²) in [6.45, 7) is 3.55. The van der Waals surface area contributed by atoms with Crippen molar-refractivity contribution in [3.05, 3.63) is 41.9 Å². The fraction of sp³-hybridized carbons (Fsp3) is 0.412. The maximum Gasteiger partial charge on any atom is 0.134 e. The second-order valence-corrected chi connectivity index (χ2v) is 5.47. The summed E-state index contributed by atoms with van der Waals surface area (Å²) in [5, 5.41) is 3.34. The Balaban J connectivity index is 1.82. The molecule has 2 heterocycles. The topological polar surface area (TPSA) is 56.3 Å². The van der Waals surface area contributed by atoms with Gasteiger partial charge in [0.1, 0.15) is 17.4 Å². The van der Waals surface area contributed by atoms with Crippen molar-refractivity contribution in [1.82, 2.24) is 9.97 Å². The molecule has 5 nitrogen and oxygen atoms in total. The van der Waals surface area contributed by atoms with E-state index in [-0.39, 0.29) is 0 Å². The van der Waals surface area contributed by atoms with Gasteiger partial charge in [-0.15, -0.1) is 0 Å². The van der Waals surface area contributed by atoms with Crippen LogP contribution in [0.4, 0.5) is 11.5 Å². The monoisotopic (exact) mass is 299 g/mol. The van der Waals surface area contributed by atoms with Gasteiger partial charge in [-0.3, -0.25) is 0 Å². The van der Waals surface area contributed by atoms with Crippen molar-refractivity contribution in [2.24, 2.45) is 0 Å². The summed E-state index contributed by atoms with van der Waals surface area (Å²) >= 11 is 0. The zero-order valence-corrected chi connectivity index (χ0v) is 13.0. The van der Waals surface area contributed by atoms with Gasteiger partial charge in [-0.05, 0) is 31.9 Å². The van der Waals surface area contributed by atoms with Crippen molar-refractivity contribution in [3.8, 4) is 5.75 Å². The molecule has 1 aliphatic rings. The van der Waals surface area contributed by atoms with Crippen LogP contribution in [-0.4, -0.2) is 30.3 Å². The van der Waals surface area contributed by atoms with Crippen molar-refractivity contribution >= 4 is 11.5 Å². The first-order chi connectivity index (χ1) is 10.7. The van der Waals surface area contributed by atoms with Crippen molar-refractivity contribution in [2.45, 2.75) is 25.7 Å². The molecule has 0 spiro atoms. The van der Waals surface area contributed by atoms with Crippen LogP contribution in [0.25, 0.3) is 0 Å². The van der Waals surface area contributed by atoms with Crippen LogP contribution in [0.1, 0.15) is 30.3 Å². The lowest BCUT2D eigenvalue weighted by atomic mass is 9.96. The zero-order valence-electron chi connectivity index (χ0n) is 13.0. The van der Waals surface area contributed by atoms with E-state index in [1.165, 1.54) is 0 Å². The van der Waals surface area contributed by atoms with Crippen LogP contribution in [0.3, 0.4) is 0 Å². The number of nitrogens with one attached hydrogen (secondary N) is 1. The average molecular weight is 299 g/mol. The summed E-state index contributed by atoms with van der Waals surface area (Å²) in [5.74, 6) is 2.89. The maximum absolute atomic E-state index is 5.43. The molecule has 2 aromatic rings. The lowest BCUT2D eigenvalue weighted by molar-refractivity contribution is 0.0844. The number of hydrogen-bond acceptors (Lipinski definition) is 5. The molecule has 0 aliphatic carbocycles. The van der Waals surface area contributed by atoms with Crippen LogP contribution in [-0.2, 0) is 4.74 Å². The molecule has 116 valence electrons. The average Bonchev–Trinajstić information content (AvgIpc) is 2.55. The minimum Gasteiger partial charge on any atom is -0.497 e. The van der Waals surface area contributed by atoms with Crippen LogP contribution < -0.4 is 10.1 Å². The van der Waals surface area contributed by atoms with Crippen LogP contribution in [0.15, 0.2) is 30.3 Å². The summed E-state index contributed by atoms with van der Waals surface area (Å²) < 4.78 is 10.7. The minimum absolute atomic E-state index is 0.460. The van der Waals surface area contributed by atoms with Crippen molar-refractivity contribution < 1.29 is 9.47 Å². The number of rotatable bonds is 4. The molecule has 3 rings (SSSR count). The number of methoxy groups -OCH3 is 1. The van der Waals surface area contributed by atoms with Gasteiger partial charge in [0.25, 0.3) is 0 Å². The number of ether oxygens (including phenoxy) is 2. The molecule has 1 fully saturated rings. The van der Waals surface area contributed by atoms with Crippen LogP contribution in [0.2, 0.25) is 0 Å². The molecule has 5 heteroatoms. The van der Waals surface area contributed by atoms with Crippen molar-refractivity contribution in [2.75, 3.05) is 25.6 Å². The van der Waals surface area contributed by atoms with Gasteiger partial charge in [0.15, 0.2) is 0 Å². The molecule has 0 saturated carbocycles. The first-order valence-corrected chi connectivity index (χ1v) is 7.59. The number of benzene rings is 1. The highest BCUT2D eigenvalue weighted by Gasteiger charge is 2.18. The molecule has 0 atom stereocenters. The van der Waals surface area contributed by atoms with Crippen molar-refractivity contribution in [3.63, 3.8) is 0 Å². The number of anilines is 2. The normalized spacial score (nSPS) is 15.5. The summed E-state index contributed by atoms with van der Waals surface area (Å²) in [7, 11) is 1.66. The van der Waals surface area contributed by atoms with Gasteiger partial charge in [-0.1, -0.05) is 6.07 Å². The zero-order chi connectivity index (χ0) is 15.4. The summed E-state index contributed by atoms with van der Waals surface area (Å²) in [6, 6.07) is 9.86. The van der Waals surface area contributed by atoms with Gasteiger partial charge < -0.3 is 14.8 Å². The first-order valence-electron chi connectivity index (χ1n) is 7.59. The van der Waals surface area contributed by atoms with Gasteiger partial charge in [-0.25, -0.2) is 9.97 Å². The molecule has 1 aromatic carbocycles. The Kier molecular flexibility index (Phi) is 4.53. The highest BCUT2D eigenvalue weighted by molar-refractivity contribution is 5.58. The minimum atomic E-state index is 0.460. The fourth-order valence-electron chi connectivity index (χ4n) is 2.71. The molecular weight excluding hydrogens is 278 g/mol. The molecule has 0 radical (unpaired) electrons. The molecule has 1 saturated heterocycles. The number of nitrogens with zero attached hydrogens (tertiary/aromatic N) is 2. The molecule has 0 bridgehead atoms. The third-order valence-corrected chi connectivity index (χ3v) is 3.84. The van der Waals surface area contributed by atoms with E-state index in [0.29, 0.717) is 5.92 Å². The van der Waals surface area contributed by atoms with Gasteiger partial charge in [-0.2, -0.15) is 0 Å². The molecule has 0 amide bonds. The highest BCUT2D eigenvalue weighted by Crippen LogP contribution is 2.28. The molecule has 1 aliphatic heterocycles. The largest absolute Gasteiger partial charge is 0.497 e. The van der Waals surface area contributed by atoms with Gasteiger partial charge in [0.2, 0.25) is 0 Å². The Morgan fingerprint density at radius 3 is 2.77 bits per heavy atom. The Labute approximate surface area is 130 Å². The third kappa shape index (κ3) is 3.54. The van der Waals surface area contributed by atoms with Crippen molar-refractivity contribution in [1.29, 1.82) is 0 Å². The van der Waals surface area contributed by atoms with E-state index in [9.17, 15) is 0 Å². The third-order valence-electron chi connectivity index (χ3n) is 3.84.